The third kappa shape index (κ3) is 4.20. The van der Waals surface area contributed by atoms with Crippen molar-refractivity contribution in [3.8, 4) is 0 Å². The van der Waals surface area contributed by atoms with Crippen LogP contribution in [0.25, 0.3) is 0 Å². The zero-order valence-corrected chi connectivity index (χ0v) is 22.6. The Morgan fingerprint density at radius 3 is 2.42 bits per heavy atom. The Morgan fingerprint density at radius 1 is 1.06 bits per heavy atom. The van der Waals surface area contributed by atoms with Gasteiger partial charge in [0.2, 0.25) is 11.8 Å². The van der Waals surface area contributed by atoms with E-state index in [0.29, 0.717) is 19.4 Å². The normalized spacial score (nSPS) is 35.9. The number of esters is 1. The molecule has 36 heavy (non-hydrogen) atoms. The molecule has 8 heteroatoms. The van der Waals surface area contributed by atoms with E-state index in [1.807, 2.05) is 50.0 Å². The molecule has 4 rings (SSSR count). The summed E-state index contributed by atoms with van der Waals surface area (Å²) in [7, 11) is 0. The highest BCUT2D eigenvalue weighted by molar-refractivity contribution is 5.99. The van der Waals surface area contributed by atoms with Crippen LogP contribution in [0, 0.1) is 17.3 Å². The number of carbonyl (C=O) groups is 3. The monoisotopic (exact) mass is 502 g/mol. The van der Waals surface area contributed by atoms with E-state index in [1.165, 1.54) is 4.90 Å². The van der Waals surface area contributed by atoms with Crippen LogP contribution in [-0.2, 0) is 23.9 Å². The molecule has 200 valence electrons. The van der Waals surface area contributed by atoms with Gasteiger partial charge in [0, 0.05) is 18.6 Å². The maximum atomic E-state index is 14.4. The molecule has 0 aromatic heterocycles. The molecule has 8 nitrogen and oxygen atoms in total. The first-order valence-electron chi connectivity index (χ1n) is 13.3. The van der Waals surface area contributed by atoms with E-state index in [-0.39, 0.29) is 37.0 Å². The van der Waals surface area contributed by atoms with Gasteiger partial charge >= 0.3 is 5.97 Å². The molecule has 1 N–H and O–H groups in total. The Labute approximate surface area is 214 Å². The number of rotatable bonds is 5. The van der Waals surface area contributed by atoms with Crippen molar-refractivity contribution >= 4 is 17.8 Å². The van der Waals surface area contributed by atoms with Gasteiger partial charge in [-0.25, -0.2) is 0 Å². The summed E-state index contributed by atoms with van der Waals surface area (Å²) in [5, 5.41) is 9.85. The van der Waals surface area contributed by atoms with Crippen LogP contribution in [0.1, 0.15) is 67.2 Å². The molecule has 2 fully saturated rings. The first-order valence-corrected chi connectivity index (χ1v) is 13.3. The number of aliphatic hydroxyl groups excluding tert-OH is 1. The molecule has 1 unspecified atom stereocenters. The summed E-state index contributed by atoms with van der Waals surface area (Å²) < 4.78 is 12.5. The minimum absolute atomic E-state index is 0.00500. The van der Waals surface area contributed by atoms with Crippen molar-refractivity contribution in [2.45, 2.75) is 90.0 Å². The van der Waals surface area contributed by atoms with E-state index in [1.54, 1.807) is 0 Å². The fourth-order valence-electron chi connectivity index (χ4n) is 7.16. The van der Waals surface area contributed by atoms with Crippen LogP contribution >= 0.6 is 0 Å². The van der Waals surface area contributed by atoms with Crippen LogP contribution in [0.5, 0.6) is 0 Å². The predicted molar refractivity (Wildman–Crippen MR) is 135 cm³/mol. The molecular formula is C28H42N2O6. The molecule has 0 aromatic carbocycles. The lowest BCUT2D eigenvalue weighted by Gasteiger charge is -2.45. The number of amides is 2. The van der Waals surface area contributed by atoms with Crippen LogP contribution in [0.15, 0.2) is 24.3 Å². The molecule has 4 aliphatic rings. The number of allylic oxidation sites excluding steroid dienone is 1. The summed E-state index contributed by atoms with van der Waals surface area (Å²) in [6, 6.07) is -0.972. The molecular weight excluding hydrogens is 460 g/mol. The number of cyclic esters (lactones) is 1. The molecule has 0 bridgehead atoms. The second kappa shape index (κ2) is 9.28. The third-order valence-electron chi connectivity index (χ3n) is 8.17. The molecule has 4 heterocycles. The van der Waals surface area contributed by atoms with Gasteiger partial charge in [-0.15, -0.1) is 0 Å². The maximum absolute atomic E-state index is 14.4. The zero-order chi connectivity index (χ0) is 26.5. The Balaban J connectivity index is 1.86. The minimum atomic E-state index is -1.32. The third-order valence-corrected chi connectivity index (χ3v) is 8.17. The van der Waals surface area contributed by atoms with E-state index < -0.39 is 40.6 Å². The Bertz CT molecular complexity index is 966. The van der Waals surface area contributed by atoms with Crippen LogP contribution < -0.4 is 0 Å². The molecule has 0 aliphatic carbocycles. The van der Waals surface area contributed by atoms with Crippen molar-refractivity contribution in [2.24, 2.45) is 17.3 Å². The lowest BCUT2D eigenvalue weighted by atomic mass is 9.73. The highest BCUT2D eigenvalue weighted by Crippen LogP contribution is 2.58. The standard InChI is InChI=1S/C28H42N2O6/c1-7-27-12-9-8-10-17-35-24(34)20(27)19-22(32)29(15-16-31)21-23(33)30(14-11-13-28(19,21)36-27)26(5,6)18-25(2,3)4/h9,11-13,19-21,31H,7-8,10,14-18H2,1-6H3/b12-9-/t19-,20-,21?,27+,28-/m0/s1. The van der Waals surface area contributed by atoms with Gasteiger partial charge in [-0.2, -0.15) is 0 Å². The molecule has 0 aromatic rings. The number of carbonyl (C=O) groups excluding carboxylic acids is 3. The largest absolute Gasteiger partial charge is 0.465 e. The topological polar surface area (TPSA) is 96.4 Å². The highest BCUT2D eigenvalue weighted by Gasteiger charge is 2.75. The van der Waals surface area contributed by atoms with E-state index in [0.717, 1.165) is 12.8 Å². The van der Waals surface area contributed by atoms with E-state index >= 15 is 0 Å². The number of fused-ring (bicyclic) bond motifs is 2. The van der Waals surface area contributed by atoms with Gasteiger partial charge < -0.3 is 24.4 Å². The highest BCUT2D eigenvalue weighted by atomic mass is 16.6. The van der Waals surface area contributed by atoms with Crippen molar-refractivity contribution in [1.82, 2.24) is 9.80 Å². The fraction of sp³-hybridized carbons (Fsp3) is 0.750. The molecule has 5 atom stereocenters. The van der Waals surface area contributed by atoms with E-state index in [9.17, 15) is 19.5 Å². The van der Waals surface area contributed by atoms with Crippen LogP contribution in [-0.4, -0.2) is 81.8 Å². The summed E-state index contributed by atoms with van der Waals surface area (Å²) in [6.45, 7) is 12.8. The Kier molecular flexibility index (Phi) is 6.92. The molecule has 4 aliphatic heterocycles. The molecule has 0 saturated carbocycles. The quantitative estimate of drug-likeness (QED) is 0.459. The maximum Gasteiger partial charge on any atom is 0.313 e. The number of aliphatic hydroxyl groups is 1. The van der Waals surface area contributed by atoms with Crippen molar-refractivity contribution < 1.29 is 29.0 Å². The predicted octanol–water partition coefficient (Wildman–Crippen LogP) is 2.85. The van der Waals surface area contributed by atoms with E-state index in [2.05, 4.69) is 20.8 Å². The molecule has 0 radical (unpaired) electrons. The number of nitrogens with zero attached hydrogens (tertiary/aromatic N) is 2. The van der Waals surface area contributed by atoms with Gasteiger partial charge in [0.1, 0.15) is 23.2 Å². The minimum Gasteiger partial charge on any atom is -0.465 e. The number of likely N-dealkylation sites (tertiary alicyclic amines) is 1. The van der Waals surface area contributed by atoms with Gasteiger partial charge in [0.25, 0.3) is 0 Å². The summed E-state index contributed by atoms with van der Waals surface area (Å²) in [4.78, 5) is 45.1. The van der Waals surface area contributed by atoms with Crippen LogP contribution in [0.3, 0.4) is 0 Å². The van der Waals surface area contributed by atoms with Gasteiger partial charge in [0.05, 0.1) is 19.1 Å². The SMILES string of the molecule is CC[C@@]12/C=C\CCCOC(=O)[C@@H]1[C@H]1C(=O)N(CCO)C3C(=O)N(C(C)(C)CC(C)(C)C)CC=C[C@@]31O2. The van der Waals surface area contributed by atoms with E-state index in [4.69, 9.17) is 9.47 Å². The van der Waals surface area contributed by atoms with Crippen LogP contribution in [0.4, 0.5) is 0 Å². The number of β-amino-alcohol motifs (C(OH)–C–C–N with tert-alkyl or cyclic N) is 1. The summed E-state index contributed by atoms with van der Waals surface area (Å²) in [6.07, 6.45) is 10.3. The smallest absolute Gasteiger partial charge is 0.313 e. The average Bonchev–Trinajstić information content (AvgIpc) is 3.13. The first-order chi connectivity index (χ1) is 16.8. The summed E-state index contributed by atoms with van der Waals surface area (Å²) >= 11 is 0. The molecule has 1 spiro atoms. The van der Waals surface area contributed by atoms with Gasteiger partial charge in [-0.05, 0) is 44.9 Å². The molecule has 2 saturated heterocycles. The van der Waals surface area contributed by atoms with Crippen molar-refractivity contribution in [2.75, 3.05) is 26.3 Å². The van der Waals surface area contributed by atoms with Gasteiger partial charge in [-0.1, -0.05) is 52.0 Å². The van der Waals surface area contributed by atoms with Gasteiger partial charge in [-0.3, -0.25) is 14.4 Å². The van der Waals surface area contributed by atoms with Crippen molar-refractivity contribution in [3.63, 3.8) is 0 Å². The number of hydrogen-bond acceptors (Lipinski definition) is 6. The summed E-state index contributed by atoms with van der Waals surface area (Å²) in [5.41, 5.74) is -2.88. The first kappa shape index (κ1) is 26.9. The zero-order valence-electron chi connectivity index (χ0n) is 22.6. The lowest BCUT2D eigenvalue weighted by Crippen LogP contribution is -2.60. The number of hydrogen-bond donors (Lipinski definition) is 1. The second-order valence-corrected chi connectivity index (χ2v) is 12.5. The summed E-state index contributed by atoms with van der Waals surface area (Å²) in [5.74, 6) is -2.79. The van der Waals surface area contributed by atoms with Crippen molar-refractivity contribution in [1.29, 1.82) is 0 Å². The lowest BCUT2D eigenvalue weighted by molar-refractivity contribution is -0.162. The Morgan fingerprint density at radius 2 is 1.78 bits per heavy atom. The second-order valence-electron chi connectivity index (χ2n) is 12.5. The van der Waals surface area contributed by atoms with Crippen molar-refractivity contribution in [3.05, 3.63) is 24.3 Å². The Hall–Kier alpha value is -2.19. The van der Waals surface area contributed by atoms with Gasteiger partial charge in [0.15, 0.2) is 0 Å². The fourth-order valence-corrected chi connectivity index (χ4v) is 7.16. The molecule has 2 amide bonds. The average molecular weight is 503 g/mol. The number of ether oxygens (including phenoxy) is 2. The van der Waals surface area contributed by atoms with Crippen LogP contribution in [0.2, 0.25) is 0 Å².